The van der Waals surface area contributed by atoms with Crippen LogP contribution in [0.1, 0.15) is 50.4 Å². The van der Waals surface area contributed by atoms with Gasteiger partial charge in [-0.2, -0.15) is 5.10 Å². The molecule has 0 aliphatic heterocycles. The monoisotopic (exact) mass is 262 g/mol. The van der Waals surface area contributed by atoms with Crippen LogP contribution in [0, 0.1) is 5.92 Å². The molecule has 1 saturated carbocycles. The first-order chi connectivity index (χ1) is 9.24. The van der Waals surface area contributed by atoms with E-state index in [0.717, 1.165) is 43.4 Å². The third kappa shape index (κ3) is 3.06. The molecule has 0 unspecified atom stereocenters. The molecule has 1 aliphatic rings. The highest BCUT2D eigenvalue weighted by molar-refractivity contribution is 5.51. The van der Waals surface area contributed by atoms with E-state index in [4.69, 9.17) is 5.73 Å². The molecular formula is C15H26N4. The van der Waals surface area contributed by atoms with E-state index in [1.807, 2.05) is 0 Å². The van der Waals surface area contributed by atoms with Crippen LogP contribution in [-0.2, 0) is 19.4 Å². The van der Waals surface area contributed by atoms with Gasteiger partial charge < -0.3 is 10.6 Å². The minimum atomic E-state index is 0.558. The van der Waals surface area contributed by atoms with E-state index < -0.39 is 0 Å². The Morgan fingerprint density at radius 1 is 1.11 bits per heavy atom. The first-order valence-electron chi connectivity index (χ1n) is 7.57. The first-order valence-corrected chi connectivity index (χ1v) is 7.57. The number of hydrogen-bond acceptors (Lipinski definition) is 4. The molecule has 0 atom stereocenters. The highest BCUT2D eigenvalue weighted by Gasteiger charge is 2.26. The van der Waals surface area contributed by atoms with Crippen molar-refractivity contribution in [3.63, 3.8) is 0 Å². The summed E-state index contributed by atoms with van der Waals surface area (Å²) in [4.78, 5) is 2.35. The van der Waals surface area contributed by atoms with Gasteiger partial charge in [-0.05, 0) is 44.1 Å². The van der Waals surface area contributed by atoms with Crippen LogP contribution in [0.4, 0.5) is 5.82 Å². The fraction of sp³-hybridized carbons (Fsp3) is 0.733. The second kappa shape index (κ2) is 6.33. The van der Waals surface area contributed by atoms with Gasteiger partial charge >= 0.3 is 0 Å². The maximum atomic E-state index is 6.00. The normalized spacial score (nSPS) is 14.7. The highest BCUT2D eigenvalue weighted by Crippen LogP contribution is 2.32. The first kappa shape index (κ1) is 14.3. The smallest absolute Gasteiger partial charge is 0.156 e. The minimum Gasteiger partial charge on any atom is -0.355 e. The zero-order valence-corrected chi connectivity index (χ0v) is 12.4. The van der Waals surface area contributed by atoms with Gasteiger partial charge in [0.2, 0.25) is 0 Å². The molecular weight excluding hydrogens is 236 g/mol. The van der Waals surface area contributed by atoms with Crippen molar-refractivity contribution >= 4 is 5.82 Å². The molecule has 0 spiro atoms. The molecule has 1 fully saturated rings. The molecule has 0 amide bonds. The molecule has 4 nitrogen and oxygen atoms in total. The Morgan fingerprint density at radius 3 is 2.32 bits per heavy atom. The summed E-state index contributed by atoms with van der Waals surface area (Å²) in [6, 6.07) is 0. The number of anilines is 1. The summed E-state index contributed by atoms with van der Waals surface area (Å²) in [7, 11) is 0. The zero-order valence-electron chi connectivity index (χ0n) is 12.4. The lowest BCUT2D eigenvalue weighted by molar-refractivity contribution is 0.708. The molecule has 0 radical (unpaired) electrons. The van der Waals surface area contributed by atoms with Gasteiger partial charge in [0, 0.05) is 25.2 Å². The topological polar surface area (TPSA) is 55.0 Å². The average Bonchev–Trinajstić information content (AvgIpc) is 3.26. The molecule has 1 aliphatic carbocycles. The summed E-state index contributed by atoms with van der Waals surface area (Å²) in [6.45, 7) is 9.13. The van der Waals surface area contributed by atoms with Crippen LogP contribution in [0.15, 0.2) is 0 Å². The Balaban J connectivity index is 2.36. The van der Waals surface area contributed by atoms with Gasteiger partial charge in [-0.25, -0.2) is 0 Å². The number of hydrogen-bond donors (Lipinski definition) is 1. The Hall–Kier alpha value is -1.16. The van der Waals surface area contributed by atoms with E-state index in [9.17, 15) is 0 Å². The Morgan fingerprint density at radius 2 is 1.84 bits per heavy atom. The van der Waals surface area contributed by atoms with E-state index in [1.165, 1.54) is 24.0 Å². The van der Waals surface area contributed by atoms with E-state index >= 15 is 0 Å². The van der Waals surface area contributed by atoms with Gasteiger partial charge in [-0.15, -0.1) is 5.10 Å². The van der Waals surface area contributed by atoms with Crippen LogP contribution in [0.5, 0.6) is 0 Å². The second-order valence-corrected chi connectivity index (χ2v) is 5.32. The molecule has 1 aromatic rings. The third-order valence-electron chi connectivity index (χ3n) is 4.00. The summed E-state index contributed by atoms with van der Waals surface area (Å²) < 4.78 is 0. The molecule has 1 aromatic heterocycles. The van der Waals surface area contributed by atoms with Gasteiger partial charge in [0.15, 0.2) is 5.82 Å². The molecule has 2 rings (SSSR count). The fourth-order valence-electron chi connectivity index (χ4n) is 2.69. The van der Waals surface area contributed by atoms with E-state index in [0.29, 0.717) is 6.54 Å². The summed E-state index contributed by atoms with van der Waals surface area (Å²) in [5.74, 6) is 1.87. The van der Waals surface area contributed by atoms with Crippen LogP contribution < -0.4 is 10.6 Å². The molecule has 4 heteroatoms. The van der Waals surface area contributed by atoms with Gasteiger partial charge in [-0.3, -0.25) is 0 Å². The largest absolute Gasteiger partial charge is 0.355 e. The average molecular weight is 262 g/mol. The Bertz CT molecular complexity index is 426. The summed E-state index contributed by atoms with van der Waals surface area (Å²) >= 11 is 0. The zero-order chi connectivity index (χ0) is 13.8. The number of rotatable bonds is 7. The van der Waals surface area contributed by atoms with Crippen LogP contribution in [0.3, 0.4) is 0 Å². The second-order valence-electron chi connectivity index (χ2n) is 5.32. The van der Waals surface area contributed by atoms with Crippen molar-refractivity contribution in [1.82, 2.24) is 10.2 Å². The number of aryl methyl sites for hydroxylation is 1. The standard InChI is InChI=1S/C15H26N4/c1-4-12-13(9-16)15(18-17-14(12)5-2)19(6-3)10-11-7-8-11/h11H,4-10,16H2,1-3H3. The van der Waals surface area contributed by atoms with Gasteiger partial charge in [0.25, 0.3) is 0 Å². The molecule has 0 saturated heterocycles. The van der Waals surface area contributed by atoms with Crippen molar-refractivity contribution in [2.24, 2.45) is 11.7 Å². The van der Waals surface area contributed by atoms with Crippen molar-refractivity contribution in [1.29, 1.82) is 0 Å². The van der Waals surface area contributed by atoms with Crippen LogP contribution in [-0.4, -0.2) is 23.3 Å². The van der Waals surface area contributed by atoms with Gasteiger partial charge in [-0.1, -0.05) is 13.8 Å². The van der Waals surface area contributed by atoms with Crippen LogP contribution >= 0.6 is 0 Å². The maximum Gasteiger partial charge on any atom is 0.156 e. The predicted molar refractivity (Wildman–Crippen MR) is 79.3 cm³/mol. The van der Waals surface area contributed by atoms with Crippen LogP contribution in [0.2, 0.25) is 0 Å². The predicted octanol–water partition coefficient (Wildman–Crippen LogP) is 2.30. The summed E-state index contributed by atoms with van der Waals surface area (Å²) in [5.41, 5.74) is 9.62. The van der Waals surface area contributed by atoms with Crippen molar-refractivity contribution in [3.8, 4) is 0 Å². The lowest BCUT2D eigenvalue weighted by Gasteiger charge is -2.25. The number of aromatic nitrogens is 2. The number of nitrogens with two attached hydrogens (primary N) is 1. The van der Waals surface area contributed by atoms with Gasteiger partial charge in [0.1, 0.15) is 0 Å². The Kier molecular flexibility index (Phi) is 4.75. The van der Waals surface area contributed by atoms with Crippen molar-refractivity contribution in [2.75, 3.05) is 18.0 Å². The molecule has 106 valence electrons. The van der Waals surface area contributed by atoms with E-state index in [2.05, 4.69) is 35.9 Å². The lowest BCUT2D eigenvalue weighted by Crippen LogP contribution is -2.29. The minimum absolute atomic E-state index is 0.558. The maximum absolute atomic E-state index is 6.00. The fourth-order valence-corrected chi connectivity index (χ4v) is 2.69. The highest BCUT2D eigenvalue weighted by atomic mass is 15.3. The lowest BCUT2D eigenvalue weighted by atomic mass is 10.0. The quantitative estimate of drug-likeness (QED) is 0.819. The molecule has 1 heterocycles. The molecule has 19 heavy (non-hydrogen) atoms. The molecule has 0 aromatic carbocycles. The van der Waals surface area contributed by atoms with Crippen molar-refractivity contribution < 1.29 is 0 Å². The molecule has 2 N–H and O–H groups in total. The number of nitrogens with zero attached hydrogens (tertiary/aromatic N) is 3. The van der Waals surface area contributed by atoms with Gasteiger partial charge in [0.05, 0.1) is 5.69 Å². The van der Waals surface area contributed by atoms with Crippen LogP contribution in [0.25, 0.3) is 0 Å². The van der Waals surface area contributed by atoms with Crippen molar-refractivity contribution in [2.45, 2.75) is 53.0 Å². The SMILES string of the molecule is CCc1nnc(N(CC)CC2CC2)c(CN)c1CC. The third-order valence-corrected chi connectivity index (χ3v) is 4.00. The van der Waals surface area contributed by atoms with Crippen molar-refractivity contribution in [3.05, 3.63) is 16.8 Å². The molecule has 0 bridgehead atoms. The Labute approximate surface area is 116 Å². The van der Waals surface area contributed by atoms with E-state index in [1.54, 1.807) is 0 Å². The summed E-state index contributed by atoms with van der Waals surface area (Å²) in [6.07, 6.45) is 4.63. The summed E-state index contributed by atoms with van der Waals surface area (Å²) in [5, 5.41) is 8.90. The van der Waals surface area contributed by atoms with E-state index in [-0.39, 0.29) is 0 Å².